The van der Waals surface area contributed by atoms with Crippen LogP contribution < -0.4 is 5.32 Å². The first kappa shape index (κ1) is 19.5. The Morgan fingerprint density at radius 2 is 2.00 bits per heavy atom. The molecule has 2 aliphatic rings. The molecule has 0 bridgehead atoms. The van der Waals surface area contributed by atoms with Crippen LogP contribution in [0.3, 0.4) is 0 Å². The zero-order valence-electron chi connectivity index (χ0n) is 14.3. The van der Waals surface area contributed by atoms with Crippen LogP contribution in [0, 0.1) is 0 Å². The second-order valence-corrected chi connectivity index (χ2v) is 8.00. The van der Waals surface area contributed by atoms with Gasteiger partial charge in [-0.3, -0.25) is 9.59 Å². The smallest absolute Gasteiger partial charge is 0.416 e. The Hall–Kier alpha value is -2.23. The molecular weight excluding hydrogens is 385 g/mol. The lowest BCUT2D eigenvalue weighted by atomic mass is 10.2. The lowest BCUT2D eigenvalue weighted by Crippen LogP contribution is -2.47. The summed E-state index contributed by atoms with van der Waals surface area (Å²) in [5, 5.41) is 2.36. The van der Waals surface area contributed by atoms with Gasteiger partial charge in [0, 0.05) is 17.9 Å². The molecule has 27 heavy (non-hydrogen) atoms. The highest BCUT2D eigenvalue weighted by Crippen LogP contribution is 2.47. The third kappa shape index (κ3) is 4.05. The molecule has 10 heteroatoms. The quantitative estimate of drug-likeness (QED) is 0.784. The van der Waals surface area contributed by atoms with Crippen molar-refractivity contribution in [3.8, 4) is 0 Å². The summed E-state index contributed by atoms with van der Waals surface area (Å²) in [4.78, 5) is 37.2. The average Bonchev–Trinajstić information content (AvgIpc) is 3.09. The number of benzene rings is 1. The van der Waals surface area contributed by atoms with E-state index in [2.05, 4.69) is 5.32 Å². The number of esters is 1. The van der Waals surface area contributed by atoms with E-state index >= 15 is 0 Å². The molecule has 0 unspecified atom stereocenters. The van der Waals surface area contributed by atoms with Crippen molar-refractivity contribution >= 4 is 35.2 Å². The SMILES string of the molecule is C[C@@]12CCC(=O)N1[C@H](C(=O)OCC(=O)Nc1ccc(C(F)(F)F)cc1)CS2. The summed E-state index contributed by atoms with van der Waals surface area (Å²) in [5.41, 5.74) is -0.674. The fourth-order valence-electron chi connectivity index (χ4n) is 3.17. The molecule has 2 heterocycles. The van der Waals surface area contributed by atoms with Crippen molar-refractivity contribution in [1.82, 2.24) is 4.90 Å². The highest BCUT2D eigenvalue weighted by molar-refractivity contribution is 8.01. The average molecular weight is 402 g/mol. The number of thioether (sulfide) groups is 1. The lowest BCUT2D eigenvalue weighted by Gasteiger charge is -2.29. The highest BCUT2D eigenvalue weighted by Gasteiger charge is 2.53. The van der Waals surface area contributed by atoms with Gasteiger partial charge in [-0.15, -0.1) is 11.8 Å². The van der Waals surface area contributed by atoms with Crippen molar-refractivity contribution in [2.75, 3.05) is 17.7 Å². The Morgan fingerprint density at radius 3 is 2.63 bits per heavy atom. The largest absolute Gasteiger partial charge is 0.454 e. The van der Waals surface area contributed by atoms with Crippen LogP contribution in [0.25, 0.3) is 0 Å². The van der Waals surface area contributed by atoms with Gasteiger partial charge in [0.1, 0.15) is 6.04 Å². The van der Waals surface area contributed by atoms with Gasteiger partial charge >= 0.3 is 12.1 Å². The molecule has 0 aliphatic carbocycles. The first-order chi connectivity index (χ1) is 12.6. The molecule has 1 aromatic rings. The minimum atomic E-state index is -4.46. The molecule has 1 N–H and O–H groups in total. The number of amides is 2. The van der Waals surface area contributed by atoms with Gasteiger partial charge in [0.15, 0.2) is 6.61 Å². The molecule has 3 rings (SSSR count). The van der Waals surface area contributed by atoms with Gasteiger partial charge in [0.2, 0.25) is 5.91 Å². The van der Waals surface area contributed by atoms with Gasteiger partial charge in [0.05, 0.1) is 10.4 Å². The fraction of sp³-hybridized carbons (Fsp3) is 0.471. The van der Waals surface area contributed by atoms with Crippen LogP contribution in [-0.2, 0) is 25.3 Å². The first-order valence-corrected chi connectivity index (χ1v) is 9.18. The van der Waals surface area contributed by atoms with E-state index in [1.807, 2.05) is 6.92 Å². The third-order valence-corrected chi connectivity index (χ3v) is 6.06. The summed E-state index contributed by atoms with van der Waals surface area (Å²) in [6.45, 7) is 1.31. The monoisotopic (exact) mass is 402 g/mol. The zero-order valence-corrected chi connectivity index (χ0v) is 15.2. The van der Waals surface area contributed by atoms with E-state index in [1.165, 1.54) is 16.7 Å². The molecule has 0 aromatic heterocycles. The molecule has 6 nitrogen and oxygen atoms in total. The number of ether oxygens (including phenoxy) is 1. The number of rotatable bonds is 4. The molecule has 0 spiro atoms. The molecule has 2 fully saturated rings. The minimum absolute atomic E-state index is 0.112. The van der Waals surface area contributed by atoms with E-state index in [9.17, 15) is 27.6 Å². The summed E-state index contributed by atoms with van der Waals surface area (Å²) in [6.07, 6.45) is -3.42. The van der Waals surface area contributed by atoms with Gasteiger partial charge < -0.3 is 15.0 Å². The normalized spacial score (nSPS) is 24.7. The van der Waals surface area contributed by atoms with Crippen molar-refractivity contribution < 1.29 is 32.3 Å². The van der Waals surface area contributed by atoms with Gasteiger partial charge in [0.25, 0.3) is 5.91 Å². The number of fused-ring (bicyclic) bond motifs is 1. The second kappa shape index (κ2) is 7.06. The Kier molecular flexibility index (Phi) is 5.11. The maximum atomic E-state index is 12.5. The third-order valence-electron chi connectivity index (χ3n) is 4.56. The molecule has 2 aliphatic heterocycles. The molecule has 146 valence electrons. The Bertz CT molecular complexity index is 768. The van der Waals surface area contributed by atoms with Gasteiger partial charge in [-0.05, 0) is 37.6 Å². The highest BCUT2D eigenvalue weighted by atomic mass is 32.2. The molecule has 2 amide bonds. The minimum Gasteiger partial charge on any atom is -0.454 e. The summed E-state index contributed by atoms with van der Waals surface area (Å²) < 4.78 is 42.5. The molecule has 2 atom stereocenters. The van der Waals surface area contributed by atoms with Crippen molar-refractivity contribution in [3.63, 3.8) is 0 Å². The Labute approximate surface area is 157 Å². The summed E-state index contributed by atoms with van der Waals surface area (Å²) in [5.74, 6) is -1.05. The number of hydrogen-bond acceptors (Lipinski definition) is 5. The first-order valence-electron chi connectivity index (χ1n) is 8.20. The standard InChI is InChI=1S/C17H17F3N2O4S/c1-16-7-6-14(24)22(16)12(9-27-16)15(25)26-8-13(23)21-11-4-2-10(3-5-11)17(18,19)20/h2-5,12H,6-9H2,1H3,(H,21,23)/t12-,16+/m0/s1. The van der Waals surface area contributed by atoms with Crippen molar-refractivity contribution in [2.24, 2.45) is 0 Å². The maximum absolute atomic E-state index is 12.5. The van der Waals surface area contributed by atoms with Crippen LogP contribution in [0.5, 0.6) is 0 Å². The second-order valence-electron chi connectivity index (χ2n) is 6.50. The molecule has 0 radical (unpaired) electrons. The van der Waals surface area contributed by atoms with Gasteiger partial charge in [-0.25, -0.2) is 4.79 Å². The molecule has 1 aromatic carbocycles. The number of nitrogens with zero attached hydrogens (tertiary/aromatic N) is 1. The van der Waals surface area contributed by atoms with Crippen molar-refractivity contribution in [2.45, 2.75) is 36.9 Å². The molecule has 2 saturated heterocycles. The van der Waals surface area contributed by atoms with Crippen LogP contribution in [0.1, 0.15) is 25.3 Å². The van der Waals surface area contributed by atoms with E-state index in [0.29, 0.717) is 18.6 Å². The van der Waals surface area contributed by atoms with Crippen molar-refractivity contribution in [1.29, 1.82) is 0 Å². The number of carbonyl (C=O) groups excluding carboxylic acids is 3. The van der Waals surface area contributed by atoms with Crippen LogP contribution >= 0.6 is 11.8 Å². The zero-order chi connectivity index (χ0) is 19.8. The Morgan fingerprint density at radius 1 is 1.33 bits per heavy atom. The lowest BCUT2D eigenvalue weighted by molar-refractivity contribution is -0.155. The predicted molar refractivity (Wildman–Crippen MR) is 91.8 cm³/mol. The number of halogens is 3. The van der Waals surface area contributed by atoms with Crippen LogP contribution in [0.15, 0.2) is 24.3 Å². The topological polar surface area (TPSA) is 75.7 Å². The number of nitrogens with one attached hydrogen (secondary N) is 1. The van der Waals surface area contributed by atoms with Crippen molar-refractivity contribution in [3.05, 3.63) is 29.8 Å². The predicted octanol–water partition coefficient (Wildman–Crippen LogP) is 2.64. The molecule has 0 saturated carbocycles. The van der Waals surface area contributed by atoms with Gasteiger partial charge in [-0.1, -0.05) is 0 Å². The number of alkyl halides is 3. The van der Waals surface area contributed by atoms with E-state index in [-0.39, 0.29) is 11.6 Å². The number of carbonyl (C=O) groups is 3. The summed E-state index contributed by atoms with van der Waals surface area (Å²) in [6, 6.07) is 3.19. The van der Waals surface area contributed by atoms with E-state index in [4.69, 9.17) is 4.74 Å². The fourth-order valence-corrected chi connectivity index (χ4v) is 4.58. The van der Waals surface area contributed by atoms with Crippen LogP contribution in [-0.4, -0.2) is 46.0 Å². The van der Waals surface area contributed by atoms with Gasteiger partial charge in [-0.2, -0.15) is 13.2 Å². The van der Waals surface area contributed by atoms with Crippen LogP contribution in [0.4, 0.5) is 18.9 Å². The number of anilines is 1. The van der Waals surface area contributed by atoms with E-state index in [0.717, 1.165) is 24.3 Å². The molecular formula is C17H17F3N2O4S. The summed E-state index contributed by atoms with van der Waals surface area (Å²) in [7, 11) is 0. The Balaban J connectivity index is 1.52. The van der Waals surface area contributed by atoms with E-state index < -0.39 is 41.1 Å². The number of hydrogen-bond donors (Lipinski definition) is 1. The summed E-state index contributed by atoms with van der Waals surface area (Å²) >= 11 is 1.51. The van der Waals surface area contributed by atoms with E-state index in [1.54, 1.807) is 0 Å². The maximum Gasteiger partial charge on any atom is 0.416 e. The van der Waals surface area contributed by atoms with Crippen LogP contribution in [0.2, 0.25) is 0 Å².